The van der Waals surface area contributed by atoms with Crippen LogP contribution in [-0.4, -0.2) is 192 Å². The van der Waals surface area contributed by atoms with Gasteiger partial charge in [-0.2, -0.15) is 0 Å². The smallest absolute Gasteiger partial charge is 0.319 e. The van der Waals surface area contributed by atoms with Crippen molar-refractivity contribution in [3.05, 3.63) is 175 Å². The lowest BCUT2D eigenvalue weighted by Crippen LogP contribution is -2.50. The van der Waals surface area contributed by atoms with Crippen molar-refractivity contribution in [2.24, 2.45) is 0 Å². The average molecular weight is 2090 g/mol. The molecule has 6 rings (SSSR count). The Kier molecular flexibility index (Phi) is 56.0. The van der Waals surface area contributed by atoms with Crippen molar-refractivity contribution in [2.45, 2.75) is 158 Å². The maximum Gasteiger partial charge on any atom is 0.319 e. The number of hydrogen-bond donors (Lipinski definition) is 12. The van der Waals surface area contributed by atoms with E-state index in [2.05, 4.69) is 55.4 Å². The fourth-order valence-electron chi connectivity index (χ4n) is 13.2. The predicted octanol–water partition coefficient (Wildman–Crippen LogP) is 19.2. The number of benzene rings is 6. The van der Waals surface area contributed by atoms with Crippen LogP contribution in [0, 0.1) is 175 Å². The van der Waals surface area contributed by atoms with Gasteiger partial charge in [0.2, 0.25) is 34.9 Å². The van der Waals surface area contributed by atoms with Crippen LogP contribution in [0.4, 0.5) is 199 Å². The minimum absolute atomic E-state index is 0.396. The highest BCUT2D eigenvalue weighted by molar-refractivity contribution is 5.93. The van der Waals surface area contributed by atoms with Gasteiger partial charge in [0.05, 0.1) is 52.4 Å². The van der Waals surface area contributed by atoms with Crippen LogP contribution in [0.25, 0.3) is 0 Å². The van der Waals surface area contributed by atoms with E-state index in [1.807, 2.05) is 31.9 Å². The molecule has 0 bridgehead atoms. The number of carbonyl (C=O) groups excluding carboxylic acids is 7. The molecule has 6 aromatic rings. The molecule has 0 saturated heterocycles. The van der Waals surface area contributed by atoms with Crippen molar-refractivity contribution >= 4 is 76.5 Å². The summed E-state index contributed by atoms with van der Waals surface area (Å²) in [5.41, 5.74) is -10.3. The second kappa shape index (κ2) is 63.1. The second-order valence-corrected chi connectivity index (χ2v) is 31.2. The molecule has 0 radical (unpaired) electrons. The molecule has 25 nitrogen and oxygen atoms in total. The van der Waals surface area contributed by atoms with E-state index < -0.39 is 330 Å². The number of nitrogens with zero attached hydrogens (tertiary/aromatic N) is 4. The quantitative estimate of drug-likeness (QED) is 0.00737. The van der Waals surface area contributed by atoms with Gasteiger partial charge in [-0.3, -0.25) is 9.80 Å². The van der Waals surface area contributed by atoms with Gasteiger partial charge in [-0.25, -0.2) is 160 Å². The summed E-state index contributed by atoms with van der Waals surface area (Å²) in [7, 11) is 0. The molecule has 142 heavy (non-hydrogen) atoms. The van der Waals surface area contributed by atoms with Gasteiger partial charge in [-0.05, 0) is 57.5 Å². The van der Waals surface area contributed by atoms with Crippen molar-refractivity contribution in [1.29, 1.82) is 0 Å². The Balaban J connectivity index is 0.000000704. The highest BCUT2D eigenvalue weighted by atomic mass is 19.2. The van der Waals surface area contributed by atoms with Crippen LogP contribution >= 0.6 is 0 Å². The lowest BCUT2D eigenvalue weighted by molar-refractivity contribution is -0.929. The summed E-state index contributed by atoms with van der Waals surface area (Å²) in [6.07, 6.45) is 19.8. The van der Waals surface area contributed by atoms with Crippen molar-refractivity contribution in [1.82, 2.24) is 41.7 Å². The van der Waals surface area contributed by atoms with E-state index >= 15 is 0 Å². The molecule has 0 spiro atoms. The molecule has 0 unspecified atom stereocenters. The zero-order valence-electron chi connectivity index (χ0n) is 77.8. The van der Waals surface area contributed by atoms with Crippen molar-refractivity contribution in [2.75, 3.05) is 163 Å². The molecule has 0 aliphatic rings. The van der Waals surface area contributed by atoms with Gasteiger partial charge in [0.1, 0.15) is 34.1 Å². The number of urea groups is 6. The fraction of sp³-hybridized carbons (Fsp3) is 0.506. The standard InChI is InChI=1S/2C27H18F15N7O3.2C16H36N.CH2O3/c2*28-7-10(31)16(37)22(17(38)11(7)32)46-25(50)43-1-4-49(5-2-44-26(51)47-23-18(39)12(33)8(29)13(34)19(23)40)6-3-45-27(52)48-24-20(41)14(35)9(30)15(36)21(24)42;2*1-5-9-13-17(14-10-6-2,15-11-7-3)16-12-8-4;2-1(3)4/h2*1-6H2,(H2,43,46,50)(H2,44,47,51)(H2,45,48,52);2*5-16H2,1-4H3;(H2,2,3,4)/q;;2*+1;/p-2. The molecule has 0 saturated carbocycles. The predicted molar refractivity (Wildman–Crippen MR) is 457 cm³/mol. The van der Waals surface area contributed by atoms with E-state index in [0.29, 0.717) is 0 Å². The Labute approximate surface area is 795 Å². The summed E-state index contributed by atoms with van der Waals surface area (Å²) in [5, 5.41) is 36.8. The molecule has 800 valence electrons. The third-order valence-electron chi connectivity index (χ3n) is 20.9. The summed E-state index contributed by atoms with van der Waals surface area (Å²) in [6, 6.07) is -9.15. The second-order valence-electron chi connectivity index (χ2n) is 31.2. The minimum Gasteiger partial charge on any atom is -0.652 e. The van der Waals surface area contributed by atoms with E-state index in [9.17, 15) is 160 Å². The van der Waals surface area contributed by atoms with Gasteiger partial charge in [-0.15, -0.1) is 0 Å². The molecule has 12 amide bonds. The van der Waals surface area contributed by atoms with Crippen LogP contribution in [0.5, 0.6) is 0 Å². The van der Waals surface area contributed by atoms with Crippen LogP contribution in [0.3, 0.4) is 0 Å². The van der Waals surface area contributed by atoms with E-state index in [4.69, 9.17) is 15.0 Å². The molecule has 0 atom stereocenters. The third kappa shape index (κ3) is 38.3. The first-order valence-electron chi connectivity index (χ1n) is 44.2. The summed E-state index contributed by atoms with van der Waals surface area (Å²) < 4.78 is 409. The van der Waals surface area contributed by atoms with Crippen LogP contribution in [0.15, 0.2) is 0 Å². The van der Waals surface area contributed by atoms with Crippen molar-refractivity contribution in [3.8, 4) is 0 Å². The molecule has 12 N–H and O–H groups in total. The molecule has 0 aromatic heterocycles. The first-order valence-corrected chi connectivity index (χ1v) is 44.2. The van der Waals surface area contributed by atoms with Crippen LogP contribution < -0.4 is 74.0 Å². The number of nitrogens with one attached hydrogen (secondary N) is 12. The number of carboxylic acid groups (broad SMARTS) is 2. The molecular formula is C87H108F30N16O9. The van der Waals surface area contributed by atoms with E-state index in [-0.39, 0.29) is 0 Å². The van der Waals surface area contributed by atoms with E-state index in [1.54, 1.807) is 0 Å². The minimum atomic E-state index is -2.51. The molecule has 0 heterocycles. The topological polar surface area (TPSA) is 316 Å². The molecule has 0 aliphatic heterocycles. The maximum absolute atomic E-state index is 13.9. The first-order chi connectivity index (χ1) is 66.8. The highest BCUT2D eigenvalue weighted by Gasteiger charge is 2.35. The fourth-order valence-corrected chi connectivity index (χ4v) is 13.2. The summed E-state index contributed by atoms with van der Waals surface area (Å²) in [4.78, 5) is 83.2. The molecule has 6 aromatic carbocycles. The average Bonchev–Trinajstić information content (AvgIpc) is 0.817. The summed E-state index contributed by atoms with van der Waals surface area (Å²) in [6.45, 7) is 24.3. The number of hydrogen-bond acceptors (Lipinski definition) is 11. The summed E-state index contributed by atoms with van der Waals surface area (Å²) >= 11 is 0. The molecule has 55 heteroatoms. The Hall–Kier alpha value is -12.1. The maximum atomic E-state index is 13.9. The lowest BCUT2D eigenvalue weighted by Gasteiger charge is -2.39. The zero-order valence-corrected chi connectivity index (χ0v) is 77.8. The van der Waals surface area contributed by atoms with Crippen LogP contribution in [-0.2, 0) is 0 Å². The normalized spacial score (nSPS) is 11.2. The Morgan fingerprint density at radius 2 is 0.282 bits per heavy atom. The lowest BCUT2D eigenvalue weighted by atomic mass is 10.1. The van der Waals surface area contributed by atoms with Crippen LogP contribution in [0.1, 0.15) is 158 Å². The molecule has 0 aliphatic carbocycles. The van der Waals surface area contributed by atoms with E-state index in [1.165, 1.54) is 196 Å². The first kappa shape index (κ1) is 126. The van der Waals surface area contributed by atoms with Crippen molar-refractivity contribution in [3.63, 3.8) is 0 Å². The van der Waals surface area contributed by atoms with E-state index in [0.717, 1.165) is 9.80 Å². The number of halogens is 30. The Morgan fingerprint density at radius 3 is 0.373 bits per heavy atom. The number of rotatable bonds is 48. The zero-order chi connectivity index (χ0) is 108. The van der Waals surface area contributed by atoms with Gasteiger partial charge in [0.25, 0.3) is 0 Å². The number of anilines is 6. The monoisotopic (exact) mass is 2090 g/mol. The van der Waals surface area contributed by atoms with Gasteiger partial charge in [0, 0.05) is 78.5 Å². The SMILES string of the molecule is CCCC[N+](CCCC)(CCCC)CCCC.CCCC[N+](CCCC)(CCCC)CCCC.O=C(NCCN(CCNC(=O)Nc1c(F)c(F)c(F)c(F)c1F)CCNC(=O)Nc1c(F)c(F)c(F)c(F)c1F)Nc1c(F)c(F)c(F)c(F)c1F.O=C(NCCN(CCNC(=O)Nc1c(F)c(F)c(F)c(F)c1F)CCNC(=O)Nc1c(F)c(F)c(F)c(F)c1F)Nc1c(F)c(F)c(F)c(F)c1F.O=C([O-])[O-]. The number of carbonyl (C=O) groups is 7. The van der Waals surface area contributed by atoms with Crippen LogP contribution in [0.2, 0.25) is 0 Å². The highest BCUT2D eigenvalue weighted by Crippen LogP contribution is 2.34. The van der Waals surface area contributed by atoms with Gasteiger partial charge in [-0.1, -0.05) is 107 Å². The molecule has 0 fully saturated rings. The Bertz CT molecular complexity index is 4200. The van der Waals surface area contributed by atoms with Gasteiger partial charge < -0.3 is 87.8 Å². The number of amides is 12. The molecular weight excluding hydrogens is 1980 g/mol. The largest absolute Gasteiger partial charge is 0.652 e. The Morgan fingerprint density at radius 1 is 0.190 bits per heavy atom. The number of unbranched alkanes of at least 4 members (excludes halogenated alkanes) is 8. The summed E-state index contributed by atoms with van der Waals surface area (Å²) in [5.74, 6) is -72.3. The van der Waals surface area contributed by atoms with Crippen molar-refractivity contribution < 1.29 is 184 Å². The van der Waals surface area contributed by atoms with Gasteiger partial charge in [0.15, 0.2) is 140 Å². The van der Waals surface area contributed by atoms with Gasteiger partial charge >= 0.3 is 36.2 Å². The number of quaternary nitrogens is 2. The third-order valence-corrected chi connectivity index (χ3v) is 20.9.